The predicted octanol–water partition coefficient (Wildman–Crippen LogP) is 1.54. The molecule has 3 atom stereocenters. The van der Waals surface area contributed by atoms with Crippen LogP contribution in [0.5, 0.6) is 0 Å². The van der Waals surface area contributed by atoms with Gasteiger partial charge in [-0.15, -0.1) is 0 Å². The Morgan fingerprint density at radius 2 is 2.16 bits per heavy atom. The number of halogens is 3. The zero-order chi connectivity index (χ0) is 21.9. The Morgan fingerprint density at radius 3 is 2.77 bits per heavy atom. The molecule has 3 aliphatic rings. The second-order valence-corrected chi connectivity index (χ2v) is 8.07. The first-order valence-corrected chi connectivity index (χ1v) is 9.99. The molecule has 166 valence electrons. The molecular weight excluding hydrogens is 419 g/mol. The smallest absolute Gasteiger partial charge is 0.408 e. The van der Waals surface area contributed by atoms with Crippen LogP contribution in [-0.2, 0) is 11.3 Å². The summed E-state index contributed by atoms with van der Waals surface area (Å²) in [5, 5.41) is 0. The number of hydrogen-bond donors (Lipinski definition) is 0. The molecule has 0 aromatic carbocycles. The number of ketones is 1. The lowest BCUT2D eigenvalue weighted by atomic mass is 10.1. The molecule has 5 rings (SSSR count). The molecule has 0 unspecified atom stereocenters. The summed E-state index contributed by atoms with van der Waals surface area (Å²) < 4.78 is 53.4. The van der Waals surface area contributed by atoms with Crippen molar-refractivity contribution in [2.24, 2.45) is 0 Å². The number of oxazole rings is 1. The Hall–Kier alpha value is -2.89. The Bertz CT molecular complexity index is 1080. The number of carbonyl (C=O) groups is 1. The highest BCUT2D eigenvalue weighted by molar-refractivity contribution is 5.97. The van der Waals surface area contributed by atoms with E-state index in [-0.39, 0.29) is 42.5 Å². The molecular formula is C19H20F3N5O4. The largest absolute Gasteiger partial charge is 0.440 e. The van der Waals surface area contributed by atoms with Crippen LogP contribution in [0.2, 0.25) is 0 Å². The molecule has 12 heteroatoms. The predicted molar refractivity (Wildman–Crippen MR) is 101 cm³/mol. The number of aromatic nitrogens is 3. The van der Waals surface area contributed by atoms with Crippen molar-refractivity contribution >= 4 is 17.5 Å². The third-order valence-electron chi connectivity index (χ3n) is 6.12. The quantitative estimate of drug-likeness (QED) is 0.663. The van der Waals surface area contributed by atoms with Gasteiger partial charge < -0.3 is 19.0 Å². The van der Waals surface area contributed by atoms with Gasteiger partial charge in [0.2, 0.25) is 11.7 Å². The van der Waals surface area contributed by atoms with Gasteiger partial charge in [0.1, 0.15) is 11.9 Å². The van der Waals surface area contributed by atoms with Crippen molar-refractivity contribution in [3.8, 4) is 0 Å². The number of fused-ring (bicyclic) bond motifs is 3. The first-order valence-electron chi connectivity index (χ1n) is 9.99. The molecule has 9 nitrogen and oxygen atoms in total. The average molecular weight is 439 g/mol. The highest BCUT2D eigenvalue weighted by atomic mass is 19.4. The van der Waals surface area contributed by atoms with Crippen LogP contribution in [0.1, 0.15) is 29.1 Å². The van der Waals surface area contributed by atoms with E-state index in [0.29, 0.717) is 19.0 Å². The van der Waals surface area contributed by atoms with Gasteiger partial charge >= 0.3 is 6.18 Å². The van der Waals surface area contributed by atoms with Crippen molar-refractivity contribution in [2.45, 2.75) is 50.7 Å². The summed E-state index contributed by atoms with van der Waals surface area (Å²) in [4.78, 5) is 36.5. The van der Waals surface area contributed by atoms with Gasteiger partial charge in [0.05, 0.1) is 31.0 Å². The minimum atomic E-state index is -4.60. The number of carbonyl (C=O) groups excluding carboxylic acids is 1. The summed E-state index contributed by atoms with van der Waals surface area (Å²) in [6.45, 7) is 1.79. The molecule has 2 aromatic heterocycles. The Morgan fingerprint density at radius 1 is 1.35 bits per heavy atom. The number of alkyl halides is 3. The first kappa shape index (κ1) is 20.0. The normalized spacial score (nSPS) is 25.2. The summed E-state index contributed by atoms with van der Waals surface area (Å²) in [7, 11) is 0. The van der Waals surface area contributed by atoms with E-state index in [0.717, 1.165) is 17.7 Å². The summed E-state index contributed by atoms with van der Waals surface area (Å²) in [5.41, 5.74) is -0.157. The van der Waals surface area contributed by atoms with Crippen molar-refractivity contribution in [1.82, 2.24) is 14.5 Å². The van der Waals surface area contributed by atoms with E-state index in [1.165, 1.54) is 17.6 Å². The Labute approximate surface area is 174 Å². The Kier molecular flexibility index (Phi) is 4.57. The summed E-state index contributed by atoms with van der Waals surface area (Å²) >= 11 is 0. The van der Waals surface area contributed by atoms with Gasteiger partial charge in [0.15, 0.2) is 12.2 Å². The van der Waals surface area contributed by atoms with Gasteiger partial charge in [-0.2, -0.15) is 18.2 Å². The molecule has 0 radical (unpaired) electrons. The number of aryl methyl sites for hydroxylation is 1. The van der Waals surface area contributed by atoms with E-state index >= 15 is 0 Å². The zero-order valence-corrected chi connectivity index (χ0v) is 16.6. The molecule has 2 aromatic rings. The van der Waals surface area contributed by atoms with Crippen LogP contribution in [0.25, 0.3) is 0 Å². The third-order valence-corrected chi connectivity index (χ3v) is 6.12. The van der Waals surface area contributed by atoms with Gasteiger partial charge in [-0.05, 0) is 19.8 Å². The molecule has 2 bridgehead atoms. The molecule has 31 heavy (non-hydrogen) atoms. The van der Waals surface area contributed by atoms with E-state index in [1.54, 1.807) is 0 Å². The second-order valence-electron chi connectivity index (χ2n) is 8.07. The average Bonchev–Trinajstić information content (AvgIpc) is 3.44. The van der Waals surface area contributed by atoms with Gasteiger partial charge in [-0.1, -0.05) is 0 Å². The zero-order valence-electron chi connectivity index (χ0n) is 16.6. The van der Waals surface area contributed by atoms with Crippen LogP contribution >= 0.6 is 0 Å². The third kappa shape index (κ3) is 3.38. The van der Waals surface area contributed by atoms with Crippen molar-refractivity contribution in [1.29, 1.82) is 0 Å². The maximum absolute atomic E-state index is 13.9. The number of nitrogens with zero attached hydrogens (tertiary/aromatic N) is 5. The standard InChI is InChI=1S/C19H20F3N5O4/c1-10-17(31-9-23-10)13(28)7-27-14(19(20,21)22)2-3-25-16(29)5-15(24-18(25)27)26-6-12-4-11(26)8-30-12/h5,9,11-12,14H,2-4,6-8H2,1H3/t11-,12-,14-/m0/s1. The molecule has 2 saturated heterocycles. The molecule has 3 aliphatic heterocycles. The van der Waals surface area contributed by atoms with Gasteiger partial charge in [-0.3, -0.25) is 14.2 Å². The summed E-state index contributed by atoms with van der Waals surface area (Å²) in [5.74, 6) is -0.620. The van der Waals surface area contributed by atoms with Gasteiger partial charge in [-0.25, -0.2) is 4.98 Å². The molecule has 0 spiro atoms. The van der Waals surface area contributed by atoms with Crippen LogP contribution in [0.15, 0.2) is 21.7 Å². The SMILES string of the molecule is Cc1ncoc1C(=O)CN1c2nc(N3C[C@@H]4C[C@H]3CO4)cc(=O)n2CC[C@H]1C(F)(F)F. The van der Waals surface area contributed by atoms with Crippen molar-refractivity contribution in [3.63, 3.8) is 0 Å². The van der Waals surface area contributed by atoms with E-state index < -0.39 is 30.1 Å². The lowest BCUT2D eigenvalue weighted by Crippen LogP contribution is -2.54. The topological polar surface area (TPSA) is 93.7 Å². The minimum absolute atomic E-state index is 0.0284. The van der Waals surface area contributed by atoms with Gasteiger partial charge in [0, 0.05) is 19.2 Å². The number of ether oxygens (including phenoxy) is 1. The van der Waals surface area contributed by atoms with Gasteiger partial charge in [0.25, 0.3) is 5.56 Å². The molecule has 0 amide bonds. The highest BCUT2D eigenvalue weighted by Crippen LogP contribution is 2.36. The van der Waals surface area contributed by atoms with Crippen LogP contribution in [-0.4, -0.2) is 64.4 Å². The fourth-order valence-electron chi connectivity index (χ4n) is 4.60. The second kappa shape index (κ2) is 7.08. The monoisotopic (exact) mass is 439 g/mol. The Balaban J connectivity index is 1.55. The molecule has 0 aliphatic carbocycles. The van der Waals surface area contributed by atoms with E-state index in [9.17, 15) is 22.8 Å². The van der Waals surface area contributed by atoms with E-state index in [4.69, 9.17) is 9.15 Å². The fourth-order valence-corrected chi connectivity index (χ4v) is 4.60. The number of rotatable bonds is 4. The number of morpholine rings is 1. The molecule has 0 N–H and O–H groups in total. The molecule has 5 heterocycles. The number of anilines is 2. The summed E-state index contributed by atoms with van der Waals surface area (Å²) in [6, 6.07) is -0.562. The fraction of sp³-hybridized carbons (Fsp3) is 0.579. The maximum atomic E-state index is 13.9. The first-order chi connectivity index (χ1) is 14.7. The van der Waals surface area contributed by atoms with Crippen molar-refractivity contribution < 1.29 is 27.1 Å². The lowest BCUT2D eigenvalue weighted by Gasteiger charge is -2.39. The summed E-state index contributed by atoms with van der Waals surface area (Å²) in [6.07, 6.45) is -3.07. The van der Waals surface area contributed by atoms with Crippen LogP contribution in [0.4, 0.5) is 24.9 Å². The highest BCUT2D eigenvalue weighted by Gasteiger charge is 2.48. The number of hydrogen-bond acceptors (Lipinski definition) is 8. The van der Waals surface area contributed by atoms with E-state index in [2.05, 4.69) is 9.97 Å². The minimum Gasteiger partial charge on any atom is -0.440 e. The van der Waals surface area contributed by atoms with Crippen LogP contribution < -0.4 is 15.4 Å². The molecule has 2 fully saturated rings. The van der Waals surface area contributed by atoms with E-state index in [1.807, 2.05) is 4.90 Å². The number of Topliss-reactive ketones (excluding diaryl/α,β-unsaturated/α-hetero) is 1. The maximum Gasteiger partial charge on any atom is 0.408 e. The van der Waals surface area contributed by atoms with Crippen LogP contribution in [0, 0.1) is 6.92 Å². The lowest BCUT2D eigenvalue weighted by molar-refractivity contribution is -0.152. The van der Waals surface area contributed by atoms with Crippen molar-refractivity contribution in [3.05, 3.63) is 34.3 Å². The molecule has 0 saturated carbocycles. The van der Waals surface area contributed by atoms with Crippen molar-refractivity contribution in [2.75, 3.05) is 29.5 Å². The van der Waals surface area contributed by atoms with Crippen LogP contribution in [0.3, 0.4) is 0 Å².